The van der Waals surface area contributed by atoms with Gasteiger partial charge in [-0.1, -0.05) is 12.1 Å². The van der Waals surface area contributed by atoms with Crippen LogP contribution in [0.3, 0.4) is 0 Å². The third-order valence-electron chi connectivity index (χ3n) is 4.35. The molecule has 3 N–H and O–H groups in total. The number of aliphatic imine (C=N–C) groups is 1. The van der Waals surface area contributed by atoms with Crippen LogP contribution in [0.1, 0.15) is 11.1 Å². The molecule has 0 aliphatic rings. The van der Waals surface area contributed by atoms with Crippen LogP contribution in [0.4, 0.5) is 5.82 Å². The molecule has 0 saturated carbocycles. The maximum absolute atomic E-state index is 5.45. The van der Waals surface area contributed by atoms with Crippen LogP contribution in [0.2, 0.25) is 0 Å². The standard InChI is InChI=1S/C19H26N8O.HI/c1-13-5-6-14(16(9-13)28-4)10-23-19(20-2)22-8-7-21-17-15-11-26-27(3)18(15)25-12-24-17;/h5-6,9,11-12H,7-8,10H2,1-4H3,(H2,20,22,23)(H,21,24,25);1H. The Bertz CT molecular complexity index is 972. The third kappa shape index (κ3) is 5.68. The van der Waals surface area contributed by atoms with Crippen molar-refractivity contribution in [2.75, 3.05) is 32.6 Å². The van der Waals surface area contributed by atoms with Crippen LogP contribution in [0.15, 0.2) is 35.7 Å². The van der Waals surface area contributed by atoms with Gasteiger partial charge in [-0.3, -0.25) is 9.67 Å². The van der Waals surface area contributed by atoms with Crippen LogP contribution >= 0.6 is 24.0 Å². The number of hydrogen-bond acceptors (Lipinski definition) is 6. The second-order valence-corrected chi connectivity index (χ2v) is 6.32. The Hall–Kier alpha value is -2.63. The van der Waals surface area contributed by atoms with Crippen molar-refractivity contribution in [2.24, 2.45) is 12.0 Å². The summed E-state index contributed by atoms with van der Waals surface area (Å²) in [6.07, 6.45) is 3.30. The van der Waals surface area contributed by atoms with E-state index in [1.165, 1.54) is 11.9 Å². The number of rotatable bonds is 7. The lowest BCUT2D eigenvalue weighted by atomic mass is 10.1. The molecule has 3 rings (SSSR count). The second-order valence-electron chi connectivity index (χ2n) is 6.32. The summed E-state index contributed by atoms with van der Waals surface area (Å²) < 4.78 is 7.18. The van der Waals surface area contributed by atoms with Gasteiger partial charge in [-0.05, 0) is 18.6 Å². The number of aromatic nitrogens is 4. The normalized spacial score (nSPS) is 11.1. The SMILES string of the molecule is CN=C(NCCNc1ncnc2c1cnn2C)NCc1ccc(C)cc1OC.I. The number of ether oxygens (including phenoxy) is 1. The summed E-state index contributed by atoms with van der Waals surface area (Å²) in [6.45, 7) is 4.02. The molecular formula is C19H27IN8O. The van der Waals surface area contributed by atoms with Gasteiger partial charge < -0.3 is 20.7 Å². The van der Waals surface area contributed by atoms with E-state index in [4.69, 9.17) is 4.74 Å². The first-order valence-electron chi connectivity index (χ1n) is 9.07. The van der Waals surface area contributed by atoms with Gasteiger partial charge in [-0.2, -0.15) is 5.10 Å². The number of benzene rings is 1. The van der Waals surface area contributed by atoms with Crippen LogP contribution in [0.25, 0.3) is 11.0 Å². The van der Waals surface area contributed by atoms with Crippen molar-refractivity contribution < 1.29 is 4.74 Å². The molecule has 0 aliphatic carbocycles. The van der Waals surface area contributed by atoms with E-state index < -0.39 is 0 Å². The predicted octanol–water partition coefficient (Wildman–Crippen LogP) is 2.08. The molecule has 0 radical (unpaired) electrons. The van der Waals surface area contributed by atoms with Crippen molar-refractivity contribution in [2.45, 2.75) is 13.5 Å². The first-order valence-corrected chi connectivity index (χ1v) is 9.07. The summed E-state index contributed by atoms with van der Waals surface area (Å²) in [5.41, 5.74) is 3.05. The molecule has 0 bridgehead atoms. The van der Waals surface area contributed by atoms with Crippen molar-refractivity contribution in [3.05, 3.63) is 41.9 Å². The molecule has 0 spiro atoms. The molecule has 2 aromatic heterocycles. The fourth-order valence-electron chi connectivity index (χ4n) is 2.86. The van der Waals surface area contributed by atoms with E-state index in [9.17, 15) is 0 Å². The van der Waals surface area contributed by atoms with E-state index >= 15 is 0 Å². The lowest BCUT2D eigenvalue weighted by molar-refractivity contribution is 0.408. The zero-order valence-corrected chi connectivity index (χ0v) is 19.4. The first kappa shape index (κ1) is 22.7. The van der Waals surface area contributed by atoms with Crippen molar-refractivity contribution in [1.82, 2.24) is 30.4 Å². The summed E-state index contributed by atoms with van der Waals surface area (Å²) in [7, 11) is 5.29. The van der Waals surface area contributed by atoms with Gasteiger partial charge in [-0.15, -0.1) is 24.0 Å². The molecule has 10 heteroatoms. The Morgan fingerprint density at radius 1 is 1.21 bits per heavy atom. The zero-order chi connectivity index (χ0) is 19.9. The van der Waals surface area contributed by atoms with Gasteiger partial charge in [-0.25, -0.2) is 9.97 Å². The molecular weight excluding hydrogens is 483 g/mol. The van der Waals surface area contributed by atoms with E-state index in [1.54, 1.807) is 25.0 Å². The summed E-state index contributed by atoms with van der Waals surface area (Å²) in [4.78, 5) is 12.8. The van der Waals surface area contributed by atoms with Gasteiger partial charge in [0.2, 0.25) is 0 Å². The van der Waals surface area contributed by atoms with Crippen LogP contribution < -0.4 is 20.7 Å². The lowest BCUT2D eigenvalue weighted by Gasteiger charge is -2.14. The molecule has 0 saturated heterocycles. The third-order valence-corrected chi connectivity index (χ3v) is 4.35. The first-order chi connectivity index (χ1) is 13.6. The molecule has 0 aliphatic heterocycles. The average molecular weight is 510 g/mol. The minimum absolute atomic E-state index is 0. The van der Waals surface area contributed by atoms with E-state index in [0.717, 1.165) is 34.1 Å². The highest BCUT2D eigenvalue weighted by molar-refractivity contribution is 14.0. The minimum Gasteiger partial charge on any atom is -0.496 e. The summed E-state index contributed by atoms with van der Waals surface area (Å²) in [6, 6.07) is 6.16. The topological polar surface area (TPSA) is 101 Å². The number of guanidine groups is 1. The van der Waals surface area contributed by atoms with Crippen LogP contribution in [-0.4, -0.2) is 53.0 Å². The van der Waals surface area contributed by atoms with E-state index in [0.29, 0.717) is 19.6 Å². The zero-order valence-electron chi connectivity index (χ0n) is 17.1. The van der Waals surface area contributed by atoms with Crippen molar-refractivity contribution in [3.8, 4) is 5.75 Å². The highest BCUT2D eigenvalue weighted by atomic mass is 127. The van der Waals surface area contributed by atoms with Gasteiger partial charge in [0.25, 0.3) is 0 Å². The largest absolute Gasteiger partial charge is 0.496 e. The Morgan fingerprint density at radius 3 is 2.79 bits per heavy atom. The monoisotopic (exact) mass is 510 g/mol. The maximum atomic E-state index is 5.45. The predicted molar refractivity (Wildman–Crippen MR) is 126 cm³/mol. The molecule has 0 atom stereocenters. The Labute approximate surface area is 187 Å². The quantitative estimate of drug-likeness (QED) is 0.194. The summed E-state index contributed by atoms with van der Waals surface area (Å²) in [5, 5.41) is 15.0. The Morgan fingerprint density at radius 2 is 2.03 bits per heavy atom. The van der Waals surface area contributed by atoms with Crippen molar-refractivity contribution >= 4 is 46.8 Å². The van der Waals surface area contributed by atoms with Gasteiger partial charge in [0.15, 0.2) is 11.6 Å². The molecule has 0 amide bonds. The van der Waals surface area contributed by atoms with E-state index in [-0.39, 0.29) is 24.0 Å². The second kappa shape index (κ2) is 10.8. The number of nitrogens with zero attached hydrogens (tertiary/aromatic N) is 5. The van der Waals surface area contributed by atoms with Crippen molar-refractivity contribution in [1.29, 1.82) is 0 Å². The molecule has 156 valence electrons. The molecule has 0 fully saturated rings. The number of aryl methyl sites for hydroxylation is 2. The summed E-state index contributed by atoms with van der Waals surface area (Å²) in [5.74, 6) is 2.36. The van der Waals surface area contributed by atoms with E-state index in [2.05, 4.69) is 48.1 Å². The fourth-order valence-corrected chi connectivity index (χ4v) is 2.86. The number of anilines is 1. The average Bonchev–Trinajstić information content (AvgIpc) is 3.10. The number of halogens is 1. The molecule has 3 aromatic rings. The van der Waals surface area contributed by atoms with Crippen LogP contribution in [0, 0.1) is 6.92 Å². The smallest absolute Gasteiger partial charge is 0.191 e. The van der Waals surface area contributed by atoms with Crippen LogP contribution in [0.5, 0.6) is 5.75 Å². The number of nitrogens with one attached hydrogen (secondary N) is 3. The molecule has 2 heterocycles. The van der Waals surface area contributed by atoms with E-state index in [1.807, 2.05) is 20.0 Å². The summed E-state index contributed by atoms with van der Waals surface area (Å²) >= 11 is 0. The van der Waals surface area contributed by atoms with Gasteiger partial charge in [0.1, 0.15) is 17.9 Å². The highest BCUT2D eigenvalue weighted by Crippen LogP contribution is 2.19. The number of methoxy groups -OCH3 is 1. The van der Waals surface area contributed by atoms with Crippen molar-refractivity contribution in [3.63, 3.8) is 0 Å². The molecule has 29 heavy (non-hydrogen) atoms. The maximum Gasteiger partial charge on any atom is 0.191 e. The Balaban J connectivity index is 0.00000300. The van der Waals surface area contributed by atoms with Crippen LogP contribution in [-0.2, 0) is 13.6 Å². The van der Waals surface area contributed by atoms with Gasteiger partial charge in [0.05, 0.1) is 18.7 Å². The van der Waals surface area contributed by atoms with Gasteiger partial charge in [0, 0.05) is 39.3 Å². The molecule has 9 nitrogen and oxygen atoms in total. The fraction of sp³-hybridized carbons (Fsp3) is 0.368. The lowest BCUT2D eigenvalue weighted by Crippen LogP contribution is -2.39. The Kier molecular flexibility index (Phi) is 8.43. The number of fused-ring (bicyclic) bond motifs is 1. The minimum atomic E-state index is 0. The van der Waals surface area contributed by atoms with Gasteiger partial charge >= 0.3 is 0 Å². The highest BCUT2D eigenvalue weighted by Gasteiger charge is 2.07. The molecule has 1 aromatic carbocycles. The number of hydrogen-bond donors (Lipinski definition) is 3. The molecule has 0 unspecified atom stereocenters.